The maximum atomic E-state index is 12.0. The first-order valence-electron chi connectivity index (χ1n) is 8.40. The Hall–Kier alpha value is -2.28. The summed E-state index contributed by atoms with van der Waals surface area (Å²) in [5.41, 5.74) is 11.3. The van der Waals surface area contributed by atoms with Crippen molar-refractivity contribution in [2.75, 3.05) is 31.5 Å². The predicted octanol–water partition coefficient (Wildman–Crippen LogP) is 3.69. The molecule has 0 atom stereocenters. The maximum absolute atomic E-state index is 12.0. The summed E-state index contributed by atoms with van der Waals surface area (Å²) in [6.07, 6.45) is -0.531. The molecule has 1 amide bonds. The van der Waals surface area contributed by atoms with Crippen LogP contribution in [0.5, 0.6) is 0 Å². The van der Waals surface area contributed by atoms with Gasteiger partial charge in [-0.2, -0.15) is 0 Å². The monoisotopic (exact) mass is 346 g/mol. The third-order valence-electron chi connectivity index (χ3n) is 3.89. The number of carbonyl (C=O) groups excluding carboxylic acids is 1. The number of hydrogen-bond acceptors (Lipinski definition) is 5. The van der Waals surface area contributed by atoms with E-state index in [1.165, 1.54) is 0 Å². The number of hydrogen-bond donors (Lipinski definition) is 2. The zero-order valence-electron chi connectivity index (χ0n) is 15.3. The number of rotatable bonds is 4. The molecule has 1 fully saturated rings. The van der Waals surface area contributed by atoms with Crippen molar-refractivity contribution in [2.45, 2.75) is 39.8 Å². The van der Waals surface area contributed by atoms with Crippen molar-refractivity contribution in [1.82, 2.24) is 10.2 Å². The second-order valence-electron chi connectivity index (χ2n) is 7.12. The second kappa shape index (κ2) is 8.20. The summed E-state index contributed by atoms with van der Waals surface area (Å²) in [4.78, 5) is 17.2. The van der Waals surface area contributed by atoms with Crippen LogP contribution in [0.3, 0.4) is 0 Å². The third kappa shape index (κ3) is 5.94. The lowest BCUT2D eigenvalue weighted by atomic mass is 10.0. The van der Waals surface area contributed by atoms with Gasteiger partial charge in [-0.25, -0.2) is 4.79 Å². The van der Waals surface area contributed by atoms with Crippen molar-refractivity contribution in [3.05, 3.63) is 33.7 Å². The van der Waals surface area contributed by atoms with Crippen LogP contribution < -0.4 is 10.6 Å². The Morgan fingerprint density at radius 2 is 2.08 bits per heavy atom. The molecule has 0 radical (unpaired) electrons. The molecule has 0 aromatic heterocycles. The Morgan fingerprint density at radius 1 is 1.40 bits per heavy atom. The van der Waals surface area contributed by atoms with Crippen molar-refractivity contribution >= 4 is 17.5 Å². The Morgan fingerprint density at radius 3 is 2.68 bits per heavy atom. The molecule has 1 heterocycles. The van der Waals surface area contributed by atoms with Gasteiger partial charge in [0.25, 0.3) is 0 Å². The van der Waals surface area contributed by atoms with Gasteiger partial charge >= 0.3 is 6.09 Å². The van der Waals surface area contributed by atoms with E-state index in [9.17, 15) is 4.79 Å². The second-order valence-corrected chi connectivity index (χ2v) is 7.12. The lowest BCUT2D eigenvalue weighted by Crippen LogP contribution is -2.43. The van der Waals surface area contributed by atoms with Crippen molar-refractivity contribution in [3.63, 3.8) is 0 Å². The molecule has 1 aromatic carbocycles. The summed E-state index contributed by atoms with van der Waals surface area (Å²) in [5, 5.41) is 9.81. The van der Waals surface area contributed by atoms with Gasteiger partial charge in [-0.3, -0.25) is 10.2 Å². The normalized spacial score (nSPS) is 15.4. The number of benzene rings is 1. The van der Waals surface area contributed by atoms with E-state index >= 15 is 0 Å². The number of anilines is 1. The molecule has 25 heavy (non-hydrogen) atoms. The molecule has 0 spiro atoms. The van der Waals surface area contributed by atoms with Gasteiger partial charge in [-0.05, 0) is 56.5 Å². The van der Waals surface area contributed by atoms with Gasteiger partial charge in [0.2, 0.25) is 0 Å². The molecular formula is C17H26N6O2. The third-order valence-corrected chi connectivity index (χ3v) is 3.89. The Balaban J connectivity index is 2.23. The van der Waals surface area contributed by atoms with E-state index in [4.69, 9.17) is 10.3 Å². The highest BCUT2D eigenvalue weighted by molar-refractivity contribution is 5.86. The molecule has 1 aliphatic rings. The number of azide groups is 1. The van der Waals surface area contributed by atoms with Crippen LogP contribution in [0.15, 0.2) is 17.2 Å². The van der Waals surface area contributed by atoms with Crippen molar-refractivity contribution in [2.24, 2.45) is 5.11 Å². The zero-order valence-corrected chi connectivity index (χ0v) is 15.3. The van der Waals surface area contributed by atoms with Crippen LogP contribution in [-0.2, 0) is 11.3 Å². The van der Waals surface area contributed by atoms with Crippen molar-refractivity contribution in [1.29, 1.82) is 0 Å². The molecule has 0 aliphatic carbocycles. The smallest absolute Gasteiger partial charge is 0.412 e. The minimum absolute atomic E-state index is 0.515. The molecule has 0 bridgehead atoms. The van der Waals surface area contributed by atoms with Crippen LogP contribution in [0.25, 0.3) is 10.4 Å². The Labute approximate surface area is 148 Å². The van der Waals surface area contributed by atoms with Crippen molar-refractivity contribution < 1.29 is 9.53 Å². The molecule has 1 saturated heterocycles. The van der Waals surface area contributed by atoms with Gasteiger partial charge < -0.3 is 10.1 Å². The van der Waals surface area contributed by atoms with E-state index in [0.29, 0.717) is 11.4 Å². The van der Waals surface area contributed by atoms with Crippen LogP contribution in [-0.4, -0.2) is 42.8 Å². The minimum Gasteiger partial charge on any atom is -0.444 e. The predicted molar refractivity (Wildman–Crippen MR) is 98.0 cm³/mol. The number of ether oxygens (including phenoxy) is 1. The lowest BCUT2D eigenvalue weighted by Gasteiger charge is -2.28. The number of nitrogens with zero attached hydrogens (tertiary/aromatic N) is 4. The van der Waals surface area contributed by atoms with E-state index in [0.717, 1.165) is 43.9 Å². The van der Waals surface area contributed by atoms with Gasteiger partial charge in [-0.15, -0.1) is 0 Å². The first-order chi connectivity index (χ1) is 11.8. The molecule has 2 N–H and O–H groups in total. The summed E-state index contributed by atoms with van der Waals surface area (Å²) in [7, 11) is 0. The quantitative estimate of drug-likeness (QED) is 0.493. The Kier molecular flexibility index (Phi) is 6.25. The highest BCUT2D eigenvalue weighted by atomic mass is 16.6. The highest BCUT2D eigenvalue weighted by Crippen LogP contribution is 2.29. The summed E-state index contributed by atoms with van der Waals surface area (Å²) >= 11 is 0. The number of piperazine rings is 1. The molecule has 0 unspecified atom stereocenters. The van der Waals surface area contributed by atoms with Crippen LogP contribution in [0.4, 0.5) is 16.2 Å². The largest absolute Gasteiger partial charge is 0.444 e. The molecule has 136 valence electrons. The number of amides is 1. The summed E-state index contributed by atoms with van der Waals surface area (Å²) < 4.78 is 5.29. The van der Waals surface area contributed by atoms with Gasteiger partial charge in [0.05, 0.1) is 0 Å². The fraction of sp³-hybridized carbons (Fsp3) is 0.588. The van der Waals surface area contributed by atoms with E-state index in [2.05, 4.69) is 25.6 Å². The van der Waals surface area contributed by atoms with Crippen LogP contribution in [0, 0.1) is 6.92 Å². The molecule has 8 heteroatoms. The first-order valence-corrected chi connectivity index (χ1v) is 8.40. The summed E-state index contributed by atoms with van der Waals surface area (Å²) in [5.74, 6) is 0. The summed E-state index contributed by atoms with van der Waals surface area (Å²) in [6.45, 7) is 11.9. The van der Waals surface area contributed by atoms with E-state index in [1.54, 1.807) is 6.07 Å². The van der Waals surface area contributed by atoms with Crippen LogP contribution in [0.1, 0.15) is 31.9 Å². The zero-order chi connectivity index (χ0) is 18.4. The SMILES string of the molecule is Cc1c(CN2CCNCC2)cc(NC(=O)OC(C)(C)C)cc1N=[N+]=[N-]. The maximum Gasteiger partial charge on any atom is 0.412 e. The van der Waals surface area contributed by atoms with E-state index < -0.39 is 11.7 Å². The molecule has 1 aromatic rings. The fourth-order valence-corrected chi connectivity index (χ4v) is 2.68. The first kappa shape index (κ1) is 19.1. The lowest BCUT2D eigenvalue weighted by molar-refractivity contribution is 0.0636. The Bertz CT molecular complexity index is 670. The molecule has 8 nitrogen and oxygen atoms in total. The molecule has 1 aliphatic heterocycles. The van der Waals surface area contributed by atoms with Gasteiger partial charge in [0.15, 0.2) is 0 Å². The van der Waals surface area contributed by atoms with Gasteiger partial charge in [0, 0.05) is 49.0 Å². The molecule has 0 saturated carbocycles. The highest BCUT2D eigenvalue weighted by Gasteiger charge is 2.18. The van der Waals surface area contributed by atoms with Crippen LogP contribution >= 0.6 is 0 Å². The minimum atomic E-state index is -0.577. The van der Waals surface area contributed by atoms with Gasteiger partial charge in [-0.1, -0.05) is 5.11 Å². The van der Waals surface area contributed by atoms with E-state index in [1.807, 2.05) is 33.8 Å². The number of nitrogens with one attached hydrogen (secondary N) is 2. The van der Waals surface area contributed by atoms with Crippen LogP contribution in [0.2, 0.25) is 0 Å². The van der Waals surface area contributed by atoms with Crippen molar-refractivity contribution in [3.8, 4) is 0 Å². The standard InChI is InChI=1S/C17H26N6O2/c1-12-13(11-23-7-5-19-6-8-23)9-14(10-15(12)21-22-18)20-16(24)25-17(2,3)4/h9-10,19H,5-8,11H2,1-4H3,(H,20,24). The topological polar surface area (TPSA) is 102 Å². The number of carbonyl (C=O) groups is 1. The molecular weight excluding hydrogens is 320 g/mol. The fourth-order valence-electron chi connectivity index (χ4n) is 2.68. The average molecular weight is 346 g/mol. The summed E-state index contributed by atoms with van der Waals surface area (Å²) in [6, 6.07) is 3.58. The van der Waals surface area contributed by atoms with Gasteiger partial charge in [0.1, 0.15) is 5.60 Å². The molecule has 2 rings (SSSR count). The average Bonchev–Trinajstić information content (AvgIpc) is 2.51. The van der Waals surface area contributed by atoms with E-state index in [-0.39, 0.29) is 0 Å².